The van der Waals surface area contributed by atoms with Crippen LogP contribution in [0.25, 0.3) is 0 Å². The van der Waals surface area contributed by atoms with Crippen LogP contribution in [0, 0.1) is 0 Å². The molecule has 0 bridgehead atoms. The first-order chi connectivity index (χ1) is 19.4. The van der Waals surface area contributed by atoms with Gasteiger partial charge in [-0.2, -0.15) is 0 Å². The van der Waals surface area contributed by atoms with Gasteiger partial charge in [0.25, 0.3) is 0 Å². The highest BCUT2D eigenvalue weighted by atomic mass is 28.4. The number of rotatable bonds is 30. The van der Waals surface area contributed by atoms with Gasteiger partial charge in [0.05, 0.1) is 0 Å². The Balaban J connectivity index is 0. The van der Waals surface area contributed by atoms with Gasteiger partial charge in [-0.1, -0.05) is 162 Å². The molecule has 244 valence electrons. The lowest BCUT2D eigenvalue weighted by molar-refractivity contribution is 0.188. The van der Waals surface area contributed by atoms with Crippen molar-refractivity contribution in [1.29, 1.82) is 0 Å². The fourth-order valence-electron chi connectivity index (χ4n) is 5.45. The van der Waals surface area contributed by atoms with Crippen molar-refractivity contribution in [3.05, 3.63) is 0 Å². The molecule has 0 radical (unpaired) electrons. The Morgan fingerprint density at radius 1 is 0.475 bits per heavy atom. The second-order valence-electron chi connectivity index (χ2n) is 12.8. The third kappa shape index (κ3) is 32.6. The quantitative estimate of drug-likeness (QED) is 0.0618. The molecule has 0 amide bonds. The molecule has 0 fully saturated rings. The van der Waals surface area contributed by atoms with E-state index in [1.54, 1.807) is 0 Å². The van der Waals surface area contributed by atoms with E-state index < -0.39 is 8.56 Å². The minimum absolute atomic E-state index is 0.753. The standard InChI is InChI=1S/C19H41N.C17H38O2Si/c1-5-6-7-8-9-10-11-12-13-14-15-16-17-18-19(2)20(3)4;1-5-8-9-10-11-12-13-14-15-16-17-20(4,18-6-2)19-7-3/h19H,5-18H2,1-4H3;5-17H2,1-4H3. The van der Waals surface area contributed by atoms with E-state index in [4.69, 9.17) is 8.85 Å². The molecule has 1 unspecified atom stereocenters. The van der Waals surface area contributed by atoms with Crippen LogP contribution in [0.15, 0.2) is 0 Å². The Bertz CT molecular complexity index is 454. The van der Waals surface area contributed by atoms with Crippen molar-refractivity contribution in [2.75, 3.05) is 27.3 Å². The smallest absolute Gasteiger partial charge is 0.334 e. The molecule has 0 saturated heterocycles. The summed E-state index contributed by atoms with van der Waals surface area (Å²) >= 11 is 0. The number of hydrogen-bond donors (Lipinski definition) is 0. The van der Waals surface area contributed by atoms with Crippen LogP contribution in [0.4, 0.5) is 0 Å². The van der Waals surface area contributed by atoms with E-state index in [0.717, 1.165) is 25.3 Å². The molecule has 0 saturated carbocycles. The summed E-state index contributed by atoms with van der Waals surface area (Å²) in [6.45, 7) is 14.9. The molecule has 0 rings (SSSR count). The maximum absolute atomic E-state index is 5.87. The van der Waals surface area contributed by atoms with Gasteiger partial charge in [0, 0.05) is 19.3 Å². The van der Waals surface area contributed by atoms with Crippen LogP contribution in [-0.4, -0.2) is 46.8 Å². The van der Waals surface area contributed by atoms with Gasteiger partial charge in [0.2, 0.25) is 0 Å². The zero-order chi connectivity index (χ0) is 30.2. The molecule has 4 heteroatoms. The molecule has 0 aromatic rings. The van der Waals surface area contributed by atoms with E-state index in [0.29, 0.717) is 0 Å². The second kappa shape index (κ2) is 33.6. The van der Waals surface area contributed by atoms with Crippen LogP contribution in [-0.2, 0) is 8.85 Å². The summed E-state index contributed by atoms with van der Waals surface area (Å²) in [4.78, 5) is 2.33. The molecular weight excluding hydrogens is 506 g/mol. The third-order valence-corrected chi connectivity index (χ3v) is 11.6. The largest absolute Gasteiger partial charge is 0.395 e. The molecule has 0 spiro atoms. The van der Waals surface area contributed by atoms with Crippen molar-refractivity contribution in [1.82, 2.24) is 4.90 Å². The van der Waals surface area contributed by atoms with E-state index in [9.17, 15) is 0 Å². The van der Waals surface area contributed by atoms with Crippen LogP contribution in [0.1, 0.15) is 189 Å². The summed E-state index contributed by atoms with van der Waals surface area (Å²) in [7, 11) is 2.54. The van der Waals surface area contributed by atoms with Gasteiger partial charge in [-0.15, -0.1) is 0 Å². The average molecular weight is 586 g/mol. The van der Waals surface area contributed by atoms with Crippen molar-refractivity contribution in [2.24, 2.45) is 0 Å². The number of nitrogens with zero attached hydrogens (tertiary/aromatic N) is 1. The molecule has 0 aliphatic heterocycles. The SMILES string of the molecule is CCCCCCCCCCCCCCCC(C)N(C)C.CCCCCCCCCCCC[Si](C)(OCC)OCC. The number of unbranched alkanes of at least 4 members (excludes halogenated alkanes) is 21. The maximum Gasteiger partial charge on any atom is 0.334 e. The topological polar surface area (TPSA) is 21.7 Å². The van der Waals surface area contributed by atoms with Crippen molar-refractivity contribution in [3.8, 4) is 0 Å². The summed E-state index contributed by atoms with van der Waals surface area (Å²) in [6, 6.07) is 1.91. The Kier molecular flexibility index (Phi) is 35.5. The molecule has 0 aliphatic rings. The summed E-state index contributed by atoms with van der Waals surface area (Å²) in [5.74, 6) is 0. The van der Waals surface area contributed by atoms with E-state index in [-0.39, 0.29) is 0 Å². The molecule has 0 aromatic heterocycles. The van der Waals surface area contributed by atoms with E-state index in [2.05, 4.69) is 60.2 Å². The summed E-state index contributed by atoms with van der Waals surface area (Å²) in [6.07, 6.45) is 34.2. The molecule has 0 N–H and O–H groups in total. The molecule has 0 aliphatic carbocycles. The zero-order valence-electron chi connectivity index (χ0n) is 29.4. The predicted molar refractivity (Wildman–Crippen MR) is 185 cm³/mol. The highest BCUT2D eigenvalue weighted by molar-refractivity contribution is 6.66. The first kappa shape index (κ1) is 42.2. The van der Waals surface area contributed by atoms with Crippen LogP contribution in [0.2, 0.25) is 12.6 Å². The van der Waals surface area contributed by atoms with Crippen LogP contribution >= 0.6 is 0 Å². The van der Waals surface area contributed by atoms with Gasteiger partial charge >= 0.3 is 8.56 Å². The fourth-order valence-corrected chi connectivity index (χ4v) is 7.93. The Morgan fingerprint density at radius 3 is 1.07 bits per heavy atom. The summed E-state index contributed by atoms with van der Waals surface area (Å²) in [5.41, 5.74) is 0. The van der Waals surface area contributed by atoms with Gasteiger partial charge in [-0.25, -0.2) is 0 Å². The summed E-state index contributed by atoms with van der Waals surface area (Å²) in [5, 5.41) is 0. The summed E-state index contributed by atoms with van der Waals surface area (Å²) < 4.78 is 11.7. The lowest BCUT2D eigenvalue weighted by atomic mass is 10.0. The highest BCUT2D eigenvalue weighted by Crippen LogP contribution is 2.19. The highest BCUT2D eigenvalue weighted by Gasteiger charge is 2.29. The molecule has 1 atom stereocenters. The van der Waals surface area contributed by atoms with Crippen LogP contribution in [0.3, 0.4) is 0 Å². The Labute approximate surface area is 256 Å². The second-order valence-corrected chi connectivity index (χ2v) is 16.1. The monoisotopic (exact) mass is 586 g/mol. The van der Waals surface area contributed by atoms with Crippen molar-refractivity contribution in [3.63, 3.8) is 0 Å². The zero-order valence-corrected chi connectivity index (χ0v) is 30.4. The maximum atomic E-state index is 5.87. The molecular formula is C36H79NO2Si. The van der Waals surface area contributed by atoms with Crippen molar-refractivity contribution < 1.29 is 8.85 Å². The van der Waals surface area contributed by atoms with Crippen molar-refractivity contribution >= 4 is 8.56 Å². The molecule has 40 heavy (non-hydrogen) atoms. The van der Waals surface area contributed by atoms with Crippen LogP contribution < -0.4 is 0 Å². The molecule has 0 heterocycles. The van der Waals surface area contributed by atoms with Gasteiger partial charge in [0.15, 0.2) is 0 Å². The fraction of sp³-hybridized carbons (Fsp3) is 1.00. The molecule has 0 aromatic carbocycles. The van der Waals surface area contributed by atoms with E-state index >= 15 is 0 Å². The minimum Gasteiger partial charge on any atom is -0.395 e. The normalized spacial score (nSPS) is 12.5. The predicted octanol–water partition coefficient (Wildman–Crippen LogP) is 12.5. The Morgan fingerprint density at radius 2 is 0.775 bits per heavy atom. The number of hydrogen-bond acceptors (Lipinski definition) is 3. The average Bonchev–Trinajstić information content (AvgIpc) is 2.92. The van der Waals surface area contributed by atoms with E-state index in [1.165, 1.54) is 154 Å². The lowest BCUT2D eigenvalue weighted by Gasteiger charge is -2.25. The lowest BCUT2D eigenvalue weighted by Crippen LogP contribution is -2.38. The van der Waals surface area contributed by atoms with Crippen LogP contribution in [0.5, 0.6) is 0 Å². The third-order valence-electron chi connectivity index (χ3n) is 8.49. The Hall–Kier alpha value is 0.0969. The first-order valence-corrected chi connectivity index (χ1v) is 20.8. The van der Waals surface area contributed by atoms with Gasteiger partial charge in [-0.3, -0.25) is 0 Å². The van der Waals surface area contributed by atoms with E-state index in [1.807, 2.05) is 0 Å². The van der Waals surface area contributed by atoms with Gasteiger partial charge < -0.3 is 13.8 Å². The van der Waals surface area contributed by atoms with Gasteiger partial charge in [0.1, 0.15) is 0 Å². The van der Waals surface area contributed by atoms with Crippen molar-refractivity contribution in [2.45, 2.75) is 207 Å². The first-order valence-electron chi connectivity index (χ1n) is 18.3. The molecule has 3 nitrogen and oxygen atoms in total. The van der Waals surface area contributed by atoms with Gasteiger partial charge in [-0.05, 0) is 53.9 Å². The minimum atomic E-state index is -1.84.